The minimum absolute atomic E-state index is 0.0152. The van der Waals surface area contributed by atoms with E-state index in [-0.39, 0.29) is 11.1 Å². The van der Waals surface area contributed by atoms with Crippen LogP contribution in [0.1, 0.15) is 22.8 Å². The first-order chi connectivity index (χ1) is 13.7. The van der Waals surface area contributed by atoms with E-state index in [1.807, 2.05) is 48.5 Å². The van der Waals surface area contributed by atoms with Crippen LogP contribution in [0.2, 0.25) is 0 Å². The van der Waals surface area contributed by atoms with E-state index in [9.17, 15) is 9.50 Å². The van der Waals surface area contributed by atoms with Crippen LogP contribution in [-0.2, 0) is 6.54 Å². The zero-order valence-electron chi connectivity index (χ0n) is 15.6. The second-order valence-corrected chi connectivity index (χ2v) is 8.05. The molecule has 0 aliphatic carbocycles. The smallest absolute Gasteiger partial charge is 0.127 e. The molecule has 3 aromatic rings. The maximum atomic E-state index is 14.4. The summed E-state index contributed by atoms with van der Waals surface area (Å²) in [4.78, 5) is 3.30. The highest BCUT2D eigenvalue weighted by Gasteiger charge is 2.26. The van der Waals surface area contributed by atoms with E-state index >= 15 is 0 Å². The summed E-state index contributed by atoms with van der Waals surface area (Å²) >= 11 is 1.67. The Labute approximate surface area is 168 Å². The number of phenols is 1. The van der Waals surface area contributed by atoms with Crippen molar-refractivity contribution in [3.63, 3.8) is 0 Å². The Morgan fingerprint density at radius 1 is 1.11 bits per heavy atom. The van der Waals surface area contributed by atoms with Crippen molar-refractivity contribution in [2.75, 3.05) is 18.6 Å². The highest BCUT2D eigenvalue weighted by atomic mass is 32.2. The van der Waals surface area contributed by atoms with E-state index in [0.29, 0.717) is 12.3 Å². The van der Waals surface area contributed by atoms with Gasteiger partial charge in [0.1, 0.15) is 17.3 Å². The Balaban J connectivity index is 1.71. The molecule has 1 unspecified atom stereocenters. The first-order valence-electron chi connectivity index (χ1n) is 9.26. The zero-order valence-corrected chi connectivity index (χ0v) is 16.5. The molecule has 0 aromatic heterocycles. The van der Waals surface area contributed by atoms with E-state index in [1.54, 1.807) is 31.0 Å². The van der Waals surface area contributed by atoms with Gasteiger partial charge in [-0.2, -0.15) is 0 Å². The molecule has 0 saturated carbocycles. The first kappa shape index (κ1) is 18.7. The van der Waals surface area contributed by atoms with Crippen LogP contribution in [-0.4, -0.2) is 18.8 Å². The molecule has 5 heteroatoms. The molecule has 1 atom stereocenters. The van der Waals surface area contributed by atoms with Gasteiger partial charge in [-0.15, -0.1) is 11.8 Å². The number of anilines is 1. The average Bonchev–Trinajstić information content (AvgIpc) is 2.89. The Hall–Kier alpha value is -2.66. The van der Waals surface area contributed by atoms with Gasteiger partial charge in [0.25, 0.3) is 0 Å². The zero-order chi connectivity index (χ0) is 19.5. The molecule has 0 radical (unpaired) electrons. The topological polar surface area (TPSA) is 32.7 Å². The molecule has 0 amide bonds. The lowest BCUT2D eigenvalue weighted by atomic mass is 10.1. The monoisotopic (exact) mass is 395 g/mol. The number of hydrogen-bond donors (Lipinski definition) is 1. The van der Waals surface area contributed by atoms with Crippen molar-refractivity contribution in [3.05, 3.63) is 83.7 Å². The van der Waals surface area contributed by atoms with Gasteiger partial charge in [0.05, 0.1) is 12.8 Å². The molecule has 28 heavy (non-hydrogen) atoms. The van der Waals surface area contributed by atoms with Crippen LogP contribution in [0.15, 0.2) is 71.6 Å². The van der Waals surface area contributed by atoms with Crippen LogP contribution in [0, 0.1) is 5.82 Å². The number of ether oxygens (including phenoxy) is 1. The number of fused-ring (bicyclic) bond motifs is 1. The number of nitrogens with zero attached hydrogens (tertiary/aromatic N) is 1. The number of methoxy groups -OCH3 is 1. The second-order valence-electron chi connectivity index (χ2n) is 6.80. The fraction of sp³-hybridized carbons (Fsp3) is 0.217. The summed E-state index contributed by atoms with van der Waals surface area (Å²) in [5.74, 6) is 0.904. The Bertz CT molecular complexity index is 978. The largest absolute Gasteiger partial charge is 0.508 e. The molecule has 0 spiro atoms. The molecule has 3 aromatic carbocycles. The summed E-state index contributed by atoms with van der Waals surface area (Å²) in [6, 6.07) is 20.4. The molecule has 1 aliphatic heterocycles. The summed E-state index contributed by atoms with van der Waals surface area (Å²) in [6.07, 6.45) is 0.802. The number of aromatic hydroxyl groups is 1. The number of thioether (sulfide) groups is 1. The molecule has 3 nitrogen and oxygen atoms in total. The molecule has 1 heterocycles. The van der Waals surface area contributed by atoms with E-state index < -0.39 is 0 Å². The van der Waals surface area contributed by atoms with Gasteiger partial charge in [-0.1, -0.05) is 36.4 Å². The minimum atomic E-state index is -0.168. The molecule has 1 N–H and O–H groups in total. The summed E-state index contributed by atoms with van der Waals surface area (Å²) in [5.41, 5.74) is 2.68. The van der Waals surface area contributed by atoms with Crippen LogP contribution >= 0.6 is 11.8 Å². The third-order valence-corrected chi connectivity index (χ3v) is 6.40. The Morgan fingerprint density at radius 2 is 1.89 bits per heavy atom. The van der Waals surface area contributed by atoms with E-state index in [4.69, 9.17) is 4.74 Å². The fourth-order valence-corrected chi connectivity index (χ4v) is 4.90. The van der Waals surface area contributed by atoms with E-state index in [1.165, 1.54) is 6.07 Å². The molecule has 0 bridgehead atoms. The van der Waals surface area contributed by atoms with Crippen LogP contribution in [0.25, 0.3) is 0 Å². The molecule has 4 rings (SSSR count). The number of halogens is 1. The standard InChI is InChI=1S/C23H22FNO2S/c1-27-17-10-11-20-23(14-17)28-22(18-7-3-4-8-19(18)24)12-13-25(20)15-16-6-2-5-9-21(16)26/h2-11,14,22,26H,12-13,15H2,1H3. The first-order valence-corrected chi connectivity index (χ1v) is 10.1. The van der Waals surface area contributed by atoms with Gasteiger partial charge in [-0.3, -0.25) is 0 Å². The van der Waals surface area contributed by atoms with Gasteiger partial charge in [0.2, 0.25) is 0 Å². The lowest BCUT2D eigenvalue weighted by Crippen LogP contribution is -2.24. The average molecular weight is 395 g/mol. The van der Waals surface area contributed by atoms with Gasteiger partial charge in [-0.05, 0) is 36.8 Å². The maximum Gasteiger partial charge on any atom is 0.127 e. The third kappa shape index (κ3) is 3.80. The molecule has 0 fully saturated rings. The van der Waals surface area contributed by atoms with Gasteiger partial charge >= 0.3 is 0 Å². The Kier molecular flexibility index (Phi) is 5.44. The molecular formula is C23H22FNO2S. The molecule has 144 valence electrons. The van der Waals surface area contributed by atoms with Gasteiger partial charge in [0, 0.05) is 34.4 Å². The second kappa shape index (κ2) is 8.15. The number of rotatable bonds is 4. The lowest BCUT2D eigenvalue weighted by Gasteiger charge is -2.25. The Morgan fingerprint density at radius 3 is 2.68 bits per heavy atom. The SMILES string of the molecule is COc1ccc2c(c1)SC(c1ccccc1F)CCN2Cc1ccccc1O. The fourth-order valence-electron chi connectivity index (χ4n) is 3.55. The van der Waals surface area contributed by atoms with Crippen LogP contribution in [0.4, 0.5) is 10.1 Å². The quantitative estimate of drug-likeness (QED) is 0.607. The molecule has 1 aliphatic rings. The van der Waals surface area contributed by atoms with Crippen LogP contribution < -0.4 is 9.64 Å². The number of benzene rings is 3. The van der Waals surface area contributed by atoms with Gasteiger partial charge < -0.3 is 14.7 Å². The van der Waals surface area contributed by atoms with Crippen molar-refractivity contribution in [1.29, 1.82) is 0 Å². The number of phenolic OH excluding ortho intramolecular Hbond substituents is 1. The van der Waals surface area contributed by atoms with Gasteiger partial charge in [-0.25, -0.2) is 4.39 Å². The van der Waals surface area contributed by atoms with Crippen molar-refractivity contribution in [1.82, 2.24) is 0 Å². The van der Waals surface area contributed by atoms with Crippen molar-refractivity contribution < 1.29 is 14.2 Å². The predicted molar refractivity (Wildman–Crippen MR) is 112 cm³/mol. The van der Waals surface area contributed by atoms with Crippen molar-refractivity contribution in [3.8, 4) is 11.5 Å². The number of para-hydroxylation sites is 1. The highest BCUT2D eigenvalue weighted by Crippen LogP contribution is 2.47. The van der Waals surface area contributed by atoms with Crippen LogP contribution in [0.3, 0.4) is 0 Å². The molecular weight excluding hydrogens is 373 g/mol. The maximum absolute atomic E-state index is 14.4. The predicted octanol–water partition coefficient (Wildman–Crippen LogP) is 5.78. The van der Waals surface area contributed by atoms with Crippen molar-refractivity contribution in [2.24, 2.45) is 0 Å². The summed E-state index contributed by atoms with van der Waals surface area (Å²) in [6.45, 7) is 1.36. The number of hydrogen-bond acceptors (Lipinski definition) is 4. The summed E-state index contributed by atoms with van der Waals surface area (Å²) < 4.78 is 19.9. The highest BCUT2D eigenvalue weighted by molar-refractivity contribution is 7.99. The third-order valence-electron chi connectivity index (χ3n) is 5.04. The minimum Gasteiger partial charge on any atom is -0.508 e. The normalized spacial score (nSPS) is 16.4. The van der Waals surface area contributed by atoms with E-state index in [2.05, 4.69) is 4.90 Å². The van der Waals surface area contributed by atoms with Crippen LogP contribution in [0.5, 0.6) is 11.5 Å². The van der Waals surface area contributed by atoms with Gasteiger partial charge in [0.15, 0.2) is 0 Å². The van der Waals surface area contributed by atoms with Crippen molar-refractivity contribution >= 4 is 17.4 Å². The summed E-state index contributed by atoms with van der Waals surface area (Å²) in [5, 5.41) is 10.2. The summed E-state index contributed by atoms with van der Waals surface area (Å²) in [7, 11) is 1.65. The van der Waals surface area contributed by atoms with E-state index in [0.717, 1.165) is 40.4 Å². The molecule has 0 saturated heterocycles. The van der Waals surface area contributed by atoms with Crippen molar-refractivity contribution in [2.45, 2.75) is 23.1 Å². The lowest BCUT2D eigenvalue weighted by molar-refractivity contribution is 0.413.